The Morgan fingerprint density at radius 1 is 1.29 bits per heavy atom. The molecule has 4 nitrogen and oxygen atoms in total. The Labute approximate surface area is 136 Å². The van der Waals surface area contributed by atoms with Crippen molar-refractivity contribution >= 4 is 34.8 Å². The predicted molar refractivity (Wildman–Crippen MR) is 90.1 cm³/mol. The zero-order chi connectivity index (χ0) is 16.2. The molecule has 0 spiro atoms. The quantitative estimate of drug-likeness (QED) is 0.786. The van der Waals surface area contributed by atoms with Crippen molar-refractivity contribution in [3.05, 3.63) is 27.7 Å². The van der Waals surface area contributed by atoms with Crippen molar-refractivity contribution in [1.29, 1.82) is 0 Å². The number of hydrogen-bond donors (Lipinski definition) is 2. The van der Waals surface area contributed by atoms with E-state index in [1.54, 1.807) is 12.1 Å². The van der Waals surface area contributed by atoms with Gasteiger partial charge in [-0.3, -0.25) is 4.79 Å². The molecule has 1 amide bonds. The number of hydrogen-bond acceptors (Lipinski definition) is 3. The van der Waals surface area contributed by atoms with E-state index in [0.717, 1.165) is 13.0 Å². The Bertz CT molecular complexity index is 471. The summed E-state index contributed by atoms with van der Waals surface area (Å²) in [6, 6.07) is 3.16. The lowest BCUT2D eigenvalue weighted by Crippen LogP contribution is -2.42. The summed E-state index contributed by atoms with van der Waals surface area (Å²) in [5.74, 6) is 0.306. The topological polar surface area (TPSA) is 58.4 Å². The highest BCUT2D eigenvalue weighted by Gasteiger charge is 2.17. The molecule has 1 atom stereocenters. The smallest absolute Gasteiger partial charge is 0.251 e. The molecule has 0 heterocycles. The van der Waals surface area contributed by atoms with Gasteiger partial charge in [0.25, 0.3) is 5.91 Å². The van der Waals surface area contributed by atoms with Gasteiger partial charge in [-0.25, -0.2) is 0 Å². The SMILES string of the molecule is CC(C)CC(CN(C)C)NC(=O)c1cc(Cl)c(N)c(Cl)c1. The minimum absolute atomic E-state index is 0.0719. The molecule has 0 bridgehead atoms. The van der Waals surface area contributed by atoms with E-state index in [-0.39, 0.29) is 11.9 Å². The number of anilines is 1. The Hall–Kier alpha value is -0.970. The molecule has 1 rings (SSSR count). The Balaban J connectivity index is 2.86. The van der Waals surface area contributed by atoms with Crippen molar-refractivity contribution in [2.24, 2.45) is 5.92 Å². The summed E-state index contributed by atoms with van der Waals surface area (Å²) in [4.78, 5) is 14.4. The molecule has 0 saturated heterocycles. The van der Waals surface area contributed by atoms with Crippen molar-refractivity contribution in [3.63, 3.8) is 0 Å². The van der Waals surface area contributed by atoms with Crippen molar-refractivity contribution in [1.82, 2.24) is 10.2 Å². The molecule has 0 saturated carbocycles. The van der Waals surface area contributed by atoms with Crippen LogP contribution in [0.15, 0.2) is 12.1 Å². The minimum atomic E-state index is -0.189. The molecule has 0 aromatic heterocycles. The van der Waals surface area contributed by atoms with Gasteiger partial charge in [-0.2, -0.15) is 0 Å². The van der Waals surface area contributed by atoms with E-state index in [0.29, 0.717) is 27.2 Å². The van der Waals surface area contributed by atoms with Gasteiger partial charge in [-0.1, -0.05) is 37.0 Å². The predicted octanol–water partition coefficient (Wildman–Crippen LogP) is 3.28. The molecule has 118 valence electrons. The third-order valence-electron chi connectivity index (χ3n) is 3.02. The van der Waals surface area contributed by atoms with E-state index in [2.05, 4.69) is 24.1 Å². The number of carbonyl (C=O) groups excluding carboxylic acids is 1. The molecule has 0 radical (unpaired) electrons. The van der Waals surface area contributed by atoms with Gasteiger partial charge in [0.05, 0.1) is 15.7 Å². The van der Waals surface area contributed by atoms with Crippen LogP contribution in [0.1, 0.15) is 30.6 Å². The molecule has 6 heteroatoms. The highest BCUT2D eigenvalue weighted by molar-refractivity contribution is 6.39. The number of likely N-dealkylation sites (N-methyl/N-ethyl adjacent to an activating group) is 1. The molecule has 0 aliphatic carbocycles. The number of nitrogen functional groups attached to an aromatic ring is 1. The maximum absolute atomic E-state index is 12.3. The first-order valence-corrected chi connectivity index (χ1v) is 7.66. The number of nitrogens with one attached hydrogen (secondary N) is 1. The lowest BCUT2D eigenvalue weighted by molar-refractivity contribution is 0.0924. The van der Waals surface area contributed by atoms with Gasteiger partial charge in [0.2, 0.25) is 0 Å². The van der Waals surface area contributed by atoms with E-state index in [1.165, 1.54) is 0 Å². The Morgan fingerprint density at radius 3 is 2.24 bits per heavy atom. The number of rotatable bonds is 6. The van der Waals surface area contributed by atoms with E-state index in [9.17, 15) is 4.79 Å². The largest absolute Gasteiger partial charge is 0.396 e. The molecular weight excluding hydrogens is 309 g/mol. The van der Waals surface area contributed by atoms with Gasteiger partial charge in [0.15, 0.2) is 0 Å². The van der Waals surface area contributed by atoms with E-state index >= 15 is 0 Å². The highest BCUT2D eigenvalue weighted by atomic mass is 35.5. The second-order valence-corrected chi connectivity index (χ2v) is 6.73. The molecular formula is C15H23Cl2N3O. The number of carbonyl (C=O) groups is 1. The number of amides is 1. The molecule has 0 aliphatic heterocycles. The van der Waals surface area contributed by atoms with Crippen LogP contribution in [0.5, 0.6) is 0 Å². The number of halogens is 2. The van der Waals surface area contributed by atoms with Gasteiger partial charge in [-0.15, -0.1) is 0 Å². The summed E-state index contributed by atoms with van der Waals surface area (Å²) < 4.78 is 0. The van der Waals surface area contributed by atoms with Crippen LogP contribution in [-0.2, 0) is 0 Å². The van der Waals surface area contributed by atoms with Crippen LogP contribution in [0.25, 0.3) is 0 Å². The first-order valence-electron chi connectivity index (χ1n) is 6.90. The van der Waals surface area contributed by atoms with E-state index in [1.807, 2.05) is 14.1 Å². The van der Waals surface area contributed by atoms with E-state index in [4.69, 9.17) is 28.9 Å². The lowest BCUT2D eigenvalue weighted by atomic mass is 10.0. The van der Waals surface area contributed by atoms with Crippen LogP contribution < -0.4 is 11.1 Å². The summed E-state index contributed by atoms with van der Waals surface area (Å²) in [5, 5.41) is 3.62. The number of nitrogens with two attached hydrogens (primary N) is 1. The maximum Gasteiger partial charge on any atom is 0.251 e. The summed E-state index contributed by atoms with van der Waals surface area (Å²) in [6.45, 7) is 5.04. The standard InChI is InChI=1S/C15H23Cl2N3O/c1-9(2)5-11(8-20(3)4)19-15(21)10-6-12(16)14(18)13(17)7-10/h6-7,9,11H,5,8,18H2,1-4H3,(H,19,21). The summed E-state index contributed by atoms with van der Waals surface area (Å²) in [7, 11) is 3.97. The maximum atomic E-state index is 12.3. The van der Waals surface area contributed by atoms with Gasteiger partial charge < -0.3 is 16.0 Å². The van der Waals surface area contributed by atoms with Crippen molar-refractivity contribution in [3.8, 4) is 0 Å². The second kappa shape index (κ2) is 7.87. The third kappa shape index (κ3) is 5.73. The highest BCUT2D eigenvalue weighted by Crippen LogP contribution is 2.28. The zero-order valence-corrected chi connectivity index (χ0v) is 14.4. The zero-order valence-electron chi connectivity index (χ0n) is 12.9. The van der Waals surface area contributed by atoms with Crippen LogP contribution in [0.3, 0.4) is 0 Å². The summed E-state index contributed by atoms with van der Waals surface area (Å²) >= 11 is 11.9. The summed E-state index contributed by atoms with van der Waals surface area (Å²) in [6.07, 6.45) is 0.903. The fourth-order valence-electron chi connectivity index (χ4n) is 2.17. The van der Waals surface area contributed by atoms with Crippen LogP contribution in [0, 0.1) is 5.92 Å². The monoisotopic (exact) mass is 331 g/mol. The van der Waals surface area contributed by atoms with Crippen molar-refractivity contribution in [2.75, 3.05) is 26.4 Å². The average Bonchev–Trinajstić information content (AvgIpc) is 2.33. The Morgan fingerprint density at radius 2 is 1.81 bits per heavy atom. The molecule has 3 N–H and O–H groups in total. The Kier molecular flexibility index (Phi) is 6.78. The second-order valence-electron chi connectivity index (χ2n) is 5.92. The van der Waals surface area contributed by atoms with Crippen LogP contribution in [0.4, 0.5) is 5.69 Å². The van der Waals surface area contributed by atoms with Gasteiger partial charge in [0.1, 0.15) is 0 Å². The van der Waals surface area contributed by atoms with Gasteiger partial charge >= 0.3 is 0 Å². The van der Waals surface area contributed by atoms with Crippen molar-refractivity contribution < 1.29 is 4.79 Å². The molecule has 1 aromatic rings. The normalized spacial score (nSPS) is 12.8. The fourth-order valence-corrected chi connectivity index (χ4v) is 2.66. The van der Waals surface area contributed by atoms with Crippen LogP contribution in [-0.4, -0.2) is 37.5 Å². The minimum Gasteiger partial charge on any atom is -0.396 e. The first-order chi connectivity index (χ1) is 9.70. The molecule has 0 fully saturated rings. The third-order valence-corrected chi connectivity index (χ3v) is 3.64. The molecule has 21 heavy (non-hydrogen) atoms. The number of benzene rings is 1. The first kappa shape index (κ1) is 18.1. The molecule has 1 aromatic carbocycles. The average molecular weight is 332 g/mol. The molecule has 1 unspecified atom stereocenters. The van der Waals surface area contributed by atoms with Gasteiger partial charge in [-0.05, 0) is 38.6 Å². The van der Waals surface area contributed by atoms with E-state index < -0.39 is 0 Å². The van der Waals surface area contributed by atoms with Crippen LogP contribution in [0.2, 0.25) is 10.0 Å². The fraction of sp³-hybridized carbons (Fsp3) is 0.533. The molecule has 0 aliphatic rings. The number of nitrogens with zero attached hydrogens (tertiary/aromatic N) is 1. The van der Waals surface area contributed by atoms with Crippen molar-refractivity contribution in [2.45, 2.75) is 26.3 Å². The summed E-state index contributed by atoms with van der Waals surface area (Å²) in [5.41, 5.74) is 6.40. The van der Waals surface area contributed by atoms with Crippen LogP contribution >= 0.6 is 23.2 Å². The lowest BCUT2D eigenvalue weighted by Gasteiger charge is -2.24. The van der Waals surface area contributed by atoms with Gasteiger partial charge in [0, 0.05) is 18.2 Å².